The number of rotatable bonds is 2. The van der Waals surface area contributed by atoms with Crippen LogP contribution in [-0.2, 0) is 0 Å². The summed E-state index contributed by atoms with van der Waals surface area (Å²) in [5.74, 6) is 0. The van der Waals surface area contributed by atoms with Gasteiger partial charge in [0.2, 0.25) is 0 Å². The summed E-state index contributed by atoms with van der Waals surface area (Å²) in [4.78, 5) is 1.06. The molecule has 88 valence electrons. The molecule has 0 heterocycles. The Labute approximate surface area is 120 Å². The van der Waals surface area contributed by atoms with E-state index in [9.17, 15) is 0 Å². The Hall–Kier alpha value is -0.340. The molecule has 0 aliphatic carbocycles. The van der Waals surface area contributed by atoms with E-state index in [1.165, 1.54) is 0 Å². The first-order valence-electron chi connectivity index (χ1n) is 4.92. The molecule has 0 atom stereocenters. The molecule has 2 rings (SSSR count). The second-order valence-corrected chi connectivity index (χ2v) is 5.48. The lowest BCUT2D eigenvalue weighted by Gasteiger charge is -2.12. The molecule has 0 radical (unpaired) electrons. The van der Waals surface area contributed by atoms with Crippen LogP contribution in [0.3, 0.4) is 0 Å². The number of benzene rings is 2. The molecular formula is C13H9Cl3S. The van der Waals surface area contributed by atoms with Crippen molar-refractivity contribution < 1.29 is 0 Å². The third-order valence-corrected chi connectivity index (χ3v) is 4.13. The SMILES string of the molecule is CSc1cccc(Cl)c1-c1c(Cl)cccc1Cl. The highest BCUT2D eigenvalue weighted by atomic mass is 35.5. The van der Waals surface area contributed by atoms with E-state index in [2.05, 4.69) is 0 Å². The normalized spacial score (nSPS) is 10.6. The van der Waals surface area contributed by atoms with Gasteiger partial charge in [-0.25, -0.2) is 0 Å². The lowest BCUT2D eigenvalue weighted by atomic mass is 10.1. The predicted octanol–water partition coefficient (Wildman–Crippen LogP) is 6.04. The molecule has 0 spiro atoms. The van der Waals surface area contributed by atoms with Crippen LogP contribution in [0.4, 0.5) is 0 Å². The fourth-order valence-electron chi connectivity index (χ4n) is 1.65. The number of halogens is 3. The number of hydrogen-bond acceptors (Lipinski definition) is 1. The van der Waals surface area contributed by atoms with Crippen molar-refractivity contribution in [3.8, 4) is 11.1 Å². The second-order valence-electron chi connectivity index (χ2n) is 3.41. The van der Waals surface area contributed by atoms with Crippen LogP contribution < -0.4 is 0 Å². The molecule has 2 aromatic carbocycles. The molecule has 17 heavy (non-hydrogen) atoms. The zero-order valence-electron chi connectivity index (χ0n) is 9.01. The van der Waals surface area contributed by atoms with Crippen molar-refractivity contribution in [1.29, 1.82) is 0 Å². The first-order chi connectivity index (χ1) is 8.15. The third-order valence-electron chi connectivity index (χ3n) is 2.41. The van der Waals surface area contributed by atoms with Gasteiger partial charge in [-0.1, -0.05) is 46.9 Å². The maximum Gasteiger partial charge on any atom is 0.0500 e. The second kappa shape index (κ2) is 5.53. The average molecular weight is 304 g/mol. The molecule has 0 saturated heterocycles. The molecule has 0 bridgehead atoms. The quantitative estimate of drug-likeness (QED) is 0.610. The van der Waals surface area contributed by atoms with Crippen LogP contribution in [0, 0.1) is 0 Å². The van der Waals surface area contributed by atoms with Gasteiger partial charge in [0.1, 0.15) is 0 Å². The van der Waals surface area contributed by atoms with Gasteiger partial charge < -0.3 is 0 Å². The molecular weight excluding hydrogens is 295 g/mol. The van der Waals surface area contributed by atoms with E-state index >= 15 is 0 Å². The van der Waals surface area contributed by atoms with Crippen molar-refractivity contribution >= 4 is 46.6 Å². The maximum absolute atomic E-state index is 6.26. The lowest BCUT2D eigenvalue weighted by Crippen LogP contribution is -1.86. The van der Waals surface area contributed by atoms with Crippen molar-refractivity contribution in [3.63, 3.8) is 0 Å². The van der Waals surface area contributed by atoms with E-state index in [4.69, 9.17) is 34.8 Å². The maximum atomic E-state index is 6.26. The van der Waals surface area contributed by atoms with Gasteiger partial charge in [-0.15, -0.1) is 11.8 Å². The minimum absolute atomic E-state index is 0.612. The van der Waals surface area contributed by atoms with Crippen molar-refractivity contribution in [2.24, 2.45) is 0 Å². The van der Waals surface area contributed by atoms with Gasteiger partial charge in [-0.3, -0.25) is 0 Å². The van der Waals surface area contributed by atoms with E-state index in [1.54, 1.807) is 11.8 Å². The summed E-state index contributed by atoms with van der Waals surface area (Å²) in [5, 5.41) is 1.88. The van der Waals surface area contributed by atoms with Crippen LogP contribution in [0.2, 0.25) is 15.1 Å². The zero-order valence-corrected chi connectivity index (χ0v) is 12.1. The summed E-state index contributed by atoms with van der Waals surface area (Å²) in [7, 11) is 0. The van der Waals surface area contributed by atoms with Crippen LogP contribution in [0.15, 0.2) is 41.3 Å². The van der Waals surface area contributed by atoms with E-state index in [0.717, 1.165) is 16.0 Å². The molecule has 0 saturated carbocycles. The Kier molecular flexibility index (Phi) is 4.26. The molecule has 0 amide bonds. The summed E-state index contributed by atoms with van der Waals surface area (Å²) in [6, 6.07) is 11.2. The van der Waals surface area contributed by atoms with E-state index in [-0.39, 0.29) is 0 Å². The molecule has 0 aliphatic heterocycles. The number of thioether (sulfide) groups is 1. The van der Waals surface area contributed by atoms with Gasteiger partial charge in [0.25, 0.3) is 0 Å². The molecule has 0 aliphatic rings. The lowest BCUT2D eigenvalue weighted by molar-refractivity contribution is 1.45. The Morgan fingerprint density at radius 3 is 1.76 bits per heavy atom. The topological polar surface area (TPSA) is 0 Å². The largest absolute Gasteiger partial charge is 0.129 e. The smallest absolute Gasteiger partial charge is 0.0500 e. The number of hydrogen-bond donors (Lipinski definition) is 0. The molecule has 0 N–H and O–H groups in total. The first kappa shape index (κ1) is 13.1. The van der Waals surface area contributed by atoms with Crippen LogP contribution in [0.5, 0.6) is 0 Å². The average Bonchev–Trinajstić information content (AvgIpc) is 2.30. The molecule has 0 nitrogen and oxygen atoms in total. The highest BCUT2D eigenvalue weighted by Gasteiger charge is 2.15. The monoisotopic (exact) mass is 302 g/mol. The highest BCUT2D eigenvalue weighted by Crippen LogP contribution is 2.42. The van der Waals surface area contributed by atoms with Crippen molar-refractivity contribution in [2.75, 3.05) is 6.26 Å². The van der Waals surface area contributed by atoms with Crippen molar-refractivity contribution in [2.45, 2.75) is 4.90 Å². The third kappa shape index (κ3) is 2.58. The summed E-state index contributed by atoms with van der Waals surface area (Å²) in [5.41, 5.74) is 1.70. The molecule has 0 fully saturated rings. The van der Waals surface area contributed by atoms with Gasteiger partial charge >= 0.3 is 0 Å². The van der Waals surface area contributed by atoms with Gasteiger partial charge in [-0.2, -0.15) is 0 Å². The highest BCUT2D eigenvalue weighted by molar-refractivity contribution is 7.98. The summed E-state index contributed by atoms with van der Waals surface area (Å²) >= 11 is 20.3. The fourth-order valence-corrected chi connectivity index (χ4v) is 3.20. The molecule has 0 unspecified atom stereocenters. The van der Waals surface area contributed by atoms with E-state index in [1.807, 2.05) is 42.7 Å². The predicted molar refractivity (Wildman–Crippen MR) is 78.7 cm³/mol. The Balaban J connectivity index is 2.76. The van der Waals surface area contributed by atoms with Gasteiger partial charge in [0, 0.05) is 31.1 Å². The van der Waals surface area contributed by atoms with Gasteiger partial charge in [0.05, 0.1) is 0 Å². The summed E-state index contributed by atoms with van der Waals surface area (Å²) in [6.45, 7) is 0. The minimum Gasteiger partial charge on any atom is -0.129 e. The Morgan fingerprint density at radius 1 is 0.765 bits per heavy atom. The Morgan fingerprint density at radius 2 is 1.24 bits per heavy atom. The van der Waals surface area contributed by atoms with Crippen molar-refractivity contribution in [1.82, 2.24) is 0 Å². The first-order valence-corrected chi connectivity index (χ1v) is 7.28. The molecule has 2 aromatic rings. The van der Waals surface area contributed by atoms with Crippen LogP contribution >= 0.6 is 46.6 Å². The molecule has 0 aromatic heterocycles. The minimum atomic E-state index is 0.612. The van der Waals surface area contributed by atoms with Crippen molar-refractivity contribution in [3.05, 3.63) is 51.5 Å². The van der Waals surface area contributed by atoms with Crippen LogP contribution in [-0.4, -0.2) is 6.26 Å². The zero-order chi connectivity index (χ0) is 12.4. The summed E-state index contributed by atoms with van der Waals surface area (Å²) in [6.07, 6.45) is 2.00. The standard InChI is InChI=1S/C13H9Cl3S/c1-17-11-7-3-6-10(16)13(11)12-8(14)4-2-5-9(12)15/h2-7H,1H3. The fraction of sp³-hybridized carbons (Fsp3) is 0.0769. The van der Waals surface area contributed by atoms with E-state index < -0.39 is 0 Å². The Bertz CT molecular complexity index is 532. The van der Waals surface area contributed by atoms with Gasteiger partial charge in [0.15, 0.2) is 0 Å². The van der Waals surface area contributed by atoms with Gasteiger partial charge in [-0.05, 0) is 30.5 Å². The van der Waals surface area contributed by atoms with Crippen LogP contribution in [0.1, 0.15) is 0 Å². The van der Waals surface area contributed by atoms with E-state index in [0.29, 0.717) is 15.1 Å². The van der Waals surface area contributed by atoms with Crippen LogP contribution in [0.25, 0.3) is 11.1 Å². The molecule has 4 heteroatoms. The summed E-state index contributed by atoms with van der Waals surface area (Å²) < 4.78 is 0.